The number of rotatable bonds is 5. The molecule has 0 saturated carbocycles. The minimum atomic E-state index is -0.555. The molecule has 0 amide bonds. The van der Waals surface area contributed by atoms with Gasteiger partial charge in [-0.05, 0) is 18.2 Å². The molecular weight excluding hydrogens is 322 g/mol. The van der Waals surface area contributed by atoms with Gasteiger partial charge >= 0.3 is 0 Å². The number of nitro groups is 1. The number of hydrogen-bond donors (Lipinski definition) is 1. The molecule has 0 spiro atoms. The van der Waals surface area contributed by atoms with E-state index in [1.54, 1.807) is 53.4 Å². The highest BCUT2D eigenvalue weighted by atomic mass is 16.6. The standard InChI is InChI=1S/C18H13N3O4/c22-18(13-4-2-1-3-5-13)14-8-9-20(12-14)16-6-7-17(21(24)25)15(10-16)11-19-23/h1-12,23H/b19-11+. The van der Waals surface area contributed by atoms with E-state index in [1.165, 1.54) is 12.1 Å². The molecule has 0 radical (unpaired) electrons. The molecule has 3 aromatic rings. The van der Waals surface area contributed by atoms with E-state index in [1.807, 2.05) is 6.07 Å². The second-order valence-corrected chi connectivity index (χ2v) is 5.25. The molecule has 0 fully saturated rings. The average molecular weight is 335 g/mol. The molecule has 0 aliphatic heterocycles. The number of aromatic nitrogens is 1. The third kappa shape index (κ3) is 3.30. The van der Waals surface area contributed by atoms with Crippen molar-refractivity contribution in [3.8, 4) is 5.69 Å². The molecule has 7 heteroatoms. The van der Waals surface area contributed by atoms with Gasteiger partial charge in [-0.2, -0.15) is 0 Å². The molecule has 3 rings (SSSR count). The van der Waals surface area contributed by atoms with E-state index in [2.05, 4.69) is 5.16 Å². The van der Waals surface area contributed by atoms with Crippen LogP contribution in [0.25, 0.3) is 5.69 Å². The van der Waals surface area contributed by atoms with Crippen LogP contribution in [0.3, 0.4) is 0 Å². The minimum Gasteiger partial charge on any atom is -0.411 e. The lowest BCUT2D eigenvalue weighted by molar-refractivity contribution is -0.385. The number of oxime groups is 1. The Labute approximate surface area is 142 Å². The Bertz CT molecular complexity index is 961. The van der Waals surface area contributed by atoms with Crippen molar-refractivity contribution in [2.45, 2.75) is 0 Å². The number of carbonyl (C=O) groups excluding carboxylic acids is 1. The van der Waals surface area contributed by atoms with Gasteiger partial charge in [-0.1, -0.05) is 35.5 Å². The summed E-state index contributed by atoms with van der Waals surface area (Å²) in [7, 11) is 0. The molecule has 0 bridgehead atoms. The quantitative estimate of drug-likeness (QED) is 0.254. The topological polar surface area (TPSA) is 97.7 Å². The molecule has 1 aromatic heterocycles. The van der Waals surface area contributed by atoms with Crippen LogP contribution < -0.4 is 0 Å². The zero-order valence-electron chi connectivity index (χ0n) is 12.9. The van der Waals surface area contributed by atoms with E-state index in [0.717, 1.165) is 6.21 Å². The van der Waals surface area contributed by atoms with Crippen molar-refractivity contribution in [2.75, 3.05) is 0 Å². The van der Waals surface area contributed by atoms with Crippen molar-refractivity contribution in [2.24, 2.45) is 5.16 Å². The molecule has 1 N–H and O–H groups in total. The lowest BCUT2D eigenvalue weighted by Gasteiger charge is -2.04. The molecule has 1 heterocycles. The van der Waals surface area contributed by atoms with Gasteiger partial charge in [-0.25, -0.2) is 0 Å². The van der Waals surface area contributed by atoms with Gasteiger partial charge in [-0.15, -0.1) is 0 Å². The van der Waals surface area contributed by atoms with Crippen LogP contribution >= 0.6 is 0 Å². The first-order valence-corrected chi connectivity index (χ1v) is 7.34. The maximum absolute atomic E-state index is 12.4. The summed E-state index contributed by atoms with van der Waals surface area (Å²) in [6.45, 7) is 0. The first kappa shape index (κ1) is 16.1. The van der Waals surface area contributed by atoms with E-state index < -0.39 is 4.92 Å². The highest BCUT2D eigenvalue weighted by Gasteiger charge is 2.15. The monoisotopic (exact) mass is 335 g/mol. The number of hydrogen-bond acceptors (Lipinski definition) is 5. The lowest BCUT2D eigenvalue weighted by Crippen LogP contribution is -2.00. The van der Waals surface area contributed by atoms with Gasteiger partial charge in [0.2, 0.25) is 0 Å². The van der Waals surface area contributed by atoms with Crippen molar-refractivity contribution in [3.05, 3.63) is 93.8 Å². The number of ketones is 1. The maximum atomic E-state index is 12.4. The summed E-state index contributed by atoms with van der Waals surface area (Å²) in [5.41, 5.74) is 1.68. The van der Waals surface area contributed by atoms with Gasteiger partial charge in [0.25, 0.3) is 5.69 Å². The number of nitrogens with zero attached hydrogens (tertiary/aromatic N) is 3. The summed E-state index contributed by atoms with van der Waals surface area (Å²) in [5.74, 6) is -0.113. The molecule has 2 aromatic carbocycles. The van der Waals surface area contributed by atoms with Crippen LogP contribution in [-0.4, -0.2) is 26.7 Å². The van der Waals surface area contributed by atoms with Gasteiger partial charge in [0, 0.05) is 35.3 Å². The summed E-state index contributed by atoms with van der Waals surface area (Å²) >= 11 is 0. The van der Waals surface area contributed by atoms with Gasteiger partial charge in [-0.3, -0.25) is 14.9 Å². The zero-order chi connectivity index (χ0) is 17.8. The fraction of sp³-hybridized carbons (Fsp3) is 0. The van der Waals surface area contributed by atoms with E-state index in [0.29, 0.717) is 16.8 Å². The molecule has 0 atom stereocenters. The zero-order valence-corrected chi connectivity index (χ0v) is 12.9. The van der Waals surface area contributed by atoms with E-state index in [-0.39, 0.29) is 17.0 Å². The summed E-state index contributed by atoms with van der Waals surface area (Å²) in [6, 6.07) is 15.0. The Morgan fingerprint density at radius 2 is 1.88 bits per heavy atom. The van der Waals surface area contributed by atoms with E-state index in [4.69, 9.17) is 5.21 Å². The Hall–Kier alpha value is -3.74. The van der Waals surface area contributed by atoms with Crippen LogP contribution in [-0.2, 0) is 0 Å². The third-order valence-corrected chi connectivity index (χ3v) is 3.69. The summed E-state index contributed by atoms with van der Waals surface area (Å²) in [6.07, 6.45) is 4.34. The predicted molar refractivity (Wildman–Crippen MR) is 91.7 cm³/mol. The Morgan fingerprint density at radius 3 is 2.56 bits per heavy atom. The van der Waals surface area contributed by atoms with Crippen LogP contribution in [0.5, 0.6) is 0 Å². The lowest BCUT2D eigenvalue weighted by atomic mass is 10.1. The first-order chi connectivity index (χ1) is 12.1. The van der Waals surface area contributed by atoms with Crippen molar-refractivity contribution in [3.63, 3.8) is 0 Å². The van der Waals surface area contributed by atoms with Crippen LogP contribution in [0, 0.1) is 10.1 Å². The summed E-state index contributed by atoms with van der Waals surface area (Å²) in [4.78, 5) is 22.9. The van der Waals surface area contributed by atoms with Crippen molar-refractivity contribution >= 4 is 17.7 Å². The Balaban J connectivity index is 1.96. The van der Waals surface area contributed by atoms with Crippen molar-refractivity contribution < 1.29 is 14.9 Å². The van der Waals surface area contributed by atoms with Crippen molar-refractivity contribution in [1.82, 2.24) is 4.57 Å². The molecule has 25 heavy (non-hydrogen) atoms. The molecular formula is C18H13N3O4. The Morgan fingerprint density at radius 1 is 1.12 bits per heavy atom. The SMILES string of the molecule is O=C(c1ccccc1)c1ccn(-c2ccc([N+](=O)[O-])c(/C=N/O)c2)c1. The first-order valence-electron chi connectivity index (χ1n) is 7.34. The van der Waals surface area contributed by atoms with Crippen LogP contribution in [0.15, 0.2) is 72.1 Å². The maximum Gasteiger partial charge on any atom is 0.278 e. The fourth-order valence-corrected chi connectivity index (χ4v) is 2.48. The highest BCUT2D eigenvalue weighted by Crippen LogP contribution is 2.22. The Kier molecular flexibility index (Phi) is 4.38. The highest BCUT2D eigenvalue weighted by molar-refractivity contribution is 6.08. The van der Waals surface area contributed by atoms with Gasteiger partial charge in [0.15, 0.2) is 5.78 Å². The minimum absolute atomic E-state index is 0.113. The second kappa shape index (κ2) is 6.79. The molecule has 0 saturated heterocycles. The van der Waals surface area contributed by atoms with Crippen LogP contribution in [0.2, 0.25) is 0 Å². The number of nitro benzene ring substituents is 1. The number of benzene rings is 2. The average Bonchev–Trinajstić information content (AvgIpc) is 3.12. The summed E-state index contributed by atoms with van der Waals surface area (Å²) in [5, 5.41) is 22.6. The van der Waals surface area contributed by atoms with Crippen LogP contribution in [0.4, 0.5) is 5.69 Å². The molecule has 7 nitrogen and oxygen atoms in total. The molecule has 124 valence electrons. The van der Waals surface area contributed by atoms with E-state index >= 15 is 0 Å². The van der Waals surface area contributed by atoms with Crippen LogP contribution in [0.1, 0.15) is 21.5 Å². The number of carbonyl (C=O) groups is 1. The predicted octanol–water partition coefficient (Wildman–Crippen LogP) is 3.42. The fourth-order valence-electron chi connectivity index (χ4n) is 2.48. The second-order valence-electron chi connectivity index (χ2n) is 5.25. The molecule has 0 aliphatic carbocycles. The van der Waals surface area contributed by atoms with E-state index in [9.17, 15) is 14.9 Å². The summed E-state index contributed by atoms with van der Waals surface area (Å²) < 4.78 is 1.68. The smallest absolute Gasteiger partial charge is 0.278 e. The van der Waals surface area contributed by atoms with Gasteiger partial charge < -0.3 is 9.77 Å². The third-order valence-electron chi connectivity index (χ3n) is 3.69. The van der Waals surface area contributed by atoms with Gasteiger partial charge in [0.1, 0.15) is 0 Å². The normalized spacial score (nSPS) is 10.9. The largest absolute Gasteiger partial charge is 0.411 e. The van der Waals surface area contributed by atoms with Crippen molar-refractivity contribution in [1.29, 1.82) is 0 Å². The van der Waals surface area contributed by atoms with Gasteiger partial charge in [0.05, 0.1) is 16.7 Å². The molecule has 0 aliphatic rings. The molecule has 0 unspecified atom stereocenters.